The Morgan fingerprint density at radius 2 is 2.09 bits per heavy atom. The third-order valence-electron chi connectivity index (χ3n) is 1.96. The molecule has 0 amide bonds. The first-order valence-corrected chi connectivity index (χ1v) is 3.89. The van der Waals surface area contributed by atoms with E-state index in [4.69, 9.17) is 0 Å². The molecule has 0 fully saturated rings. The molecule has 1 aliphatic carbocycles. The molecule has 1 heteroatoms. The van der Waals surface area contributed by atoms with Gasteiger partial charge in [-0.15, -0.1) is 0 Å². The van der Waals surface area contributed by atoms with Gasteiger partial charge >= 0.3 is 0 Å². The lowest BCUT2D eigenvalue weighted by Crippen LogP contribution is -2.02. The van der Waals surface area contributed by atoms with E-state index in [1.54, 1.807) is 0 Å². The van der Waals surface area contributed by atoms with Gasteiger partial charge in [-0.05, 0) is 30.9 Å². The van der Waals surface area contributed by atoms with Crippen molar-refractivity contribution in [3.8, 4) is 0 Å². The summed E-state index contributed by atoms with van der Waals surface area (Å²) >= 11 is 0. The molecule has 1 rings (SSSR count). The van der Waals surface area contributed by atoms with Crippen molar-refractivity contribution in [2.75, 3.05) is 0 Å². The second-order valence-electron chi connectivity index (χ2n) is 3.06. The summed E-state index contributed by atoms with van der Waals surface area (Å²) in [6.07, 6.45) is 2.79. The highest BCUT2D eigenvalue weighted by molar-refractivity contribution is 5.46. The van der Waals surface area contributed by atoms with Gasteiger partial charge in [-0.2, -0.15) is 0 Å². The van der Waals surface area contributed by atoms with Crippen LogP contribution in [0.25, 0.3) is 0 Å². The first-order chi connectivity index (χ1) is 5.13. The first kappa shape index (κ1) is 8.12. The standard InChI is InChI=1S/C10H14O/c1-7(2)10-8(3)5-4-6-9(10)11/h11H,1,3-6H2,2H3. The van der Waals surface area contributed by atoms with E-state index in [0.29, 0.717) is 5.76 Å². The van der Waals surface area contributed by atoms with Crippen LogP contribution in [-0.2, 0) is 0 Å². The van der Waals surface area contributed by atoms with Crippen LogP contribution in [0, 0.1) is 0 Å². The van der Waals surface area contributed by atoms with Crippen molar-refractivity contribution in [2.24, 2.45) is 0 Å². The second kappa shape index (κ2) is 2.95. The lowest BCUT2D eigenvalue weighted by Gasteiger charge is -2.18. The van der Waals surface area contributed by atoms with Crippen molar-refractivity contribution in [2.45, 2.75) is 26.2 Å². The topological polar surface area (TPSA) is 20.2 Å². The maximum absolute atomic E-state index is 9.47. The molecule has 60 valence electrons. The molecule has 0 saturated carbocycles. The van der Waals surface area contributed by atoms with Gasteiger partial charge in [0.15, 0.2) is 0 Å². The molecule has 11 heavy (non-hydrogen) atoms. The van der Waals surface area contributed by atoms with Gasteiger partial charge in [-0.25, -0.2) is 0 Å². The van der Waals surface area contributed by atoms with Crippen LogP contribution in [0.15, 0.2) is 35.6 Å². The minimum Gasteiger partial charge on any atom is -0.512 e. The largest absolute Gasteiger partial charge is 0.512 e. The van der Waals surface area contributed by atoms with E-state index >= 15 is 0 Å². The van der Waals surface area contributed by atoms with Crippen molar-refractivity contribution in [1.82, 2.24) is 0 Å². The molecule has 1 aliphatic rings. The fourth-order valence-electron chi connectivity index (χ4n) is 1.47. The van der Waals surface area contributed by atoms with Gasteiger partial charge in [-0.1, -0.05) is 13.2 Å². The number of aliphatic hydroxyl groups excluding tert-OH is 1. The van der Waals surface area contributed by atoms with Crippen LogP contribution in [0.4, 0.5) is 0 Å². The summed E-state index contributed by atoms with van der Waals surface area (Å²) in [7, 11) is 0. The van der Waals surface area contributed by atoms with Gasteiger partial charge in [0.05, 0.1) is 5.76 Å². The quantitative estimate of drug-likeness (QED) is 0.609. The molecule has 1 nitrogen and oxygen atoms in total. The Morgan fingerprint density at radius 1 is 1.45 bits per heavy atom. The Bertz CT molecular complexity index is 233. The predicted molar refractivity (Wildman–Crippen MR) is 47.5 cm³/mol. The average Bonchev–Trinajstić information content (AvgIpc) is 1.85. The van der Waals surface area contributed by atoms with Gasteiger partial charge in [-0.3, -0.25) is 0 Å². The summed E-state index contributed by atoms with van der Waals surface area (Å²) in [5.74, 6) is 0.466. The summed E-state index contributed by atoms with van der Waals surface area (Å²) in [6.45, 7) is 9.59. The Balaban J connectivity index is 3.01. The Hall–Kier alpha value is -0.980. The molecule has 0 aromatic rings. The SMILES string of the molecule is C=C(C)C1=C(O)CCCC1=C. The van der Waals surface area contributed by atoms with Crippen LogP contribution in [-0.4, -0.2) is 5.11 Å². The van der Waals surface area contributed by atoms with Gasteiger partial charge in [0.25, 0.3) is 0 Å². The molecule has 1 N–H and O–H groups in total. The number of allylic oxidation sites excluding steroid dienone is 4. The number of hydrogen-bond acceptors (Lipinski definition) is 1. The van der Waals surface area contributed by atoms with Crippen LogP contribution < -0.4 is 0 Å². The molecule has 0 unspecified atom stereocenters. The van der Waals surface area contributed by atoms with Gasteiger partial charge < -0.3 is 5.11 Å². The van der Waals surface area contributed by atoms with Crippen molar-refractivity contribution in [3.05, 3.63) is 35.6 Å². The molecular weight excluding hydrogens is 136 g/mol. The molecule has 0 saturated heterocycles. The van der Waals surface area contributed by atoms with Gasteiger partial charge in [0.2, 0.25) is 0 Å². The fourth-order valence-corrected chi connectivity index (χ4v) is 1.47. The summed E-state index contributed by atoms with van der Waals surface area (Å²) in [5, 5.41) is 9.47. The van der Waals surface area contributed by atoms with Crippen LogP contribution in [0.1, 0.15) is 26.2 Å². The molecule has 0 heterocycles. The zero-order chi connectivity index (χ0) is 8.43. The van der Waals surface area contributed by atoms with E-state index in [0.717, 1.165) is 36.0 Å². The molecule has 0 radical (unpaired) electrons. The maximum atomic E-state index is 9.47. The smallest absolute Gasteiger partial charge is 0.0999 e. The van der Waals surface area contributed by atoms with Crippen LogP contribution in [0.5, 0.6) is 0 Å². The number of aliphatic hydroxyl groups is 1. The second-order valence-corrected chi connectivity index (χ2v) is 3.06. The van der Waals surface area contributed by atoms with Crippen LogP contribution in [0.2, 0.25) is 0 Å². The lowest BCUT2D eigenvalue weighted by molar-refractivity contribution is 0.371. The summed E-state index contributed by atoms with van der Waals surface area (Å²) in [5.41, 5.74) is 2.85. The van der Waals surface area contributed by atoms with Crippen LogP contribution in [0.3, 0.4) is 0 Å². The van der Waals surface area contributed by atoms with Crippen molar-refractivity contribution in [3.63, 3.8) is 0 Å². The highest BCUT2D eigenvalue weighted by atomic mass is 16.3. The van der Waals surface area contributed by atoms with E-state index in [1.165, 1.54) is 0 Å². The summed E-state index contributed by atoms with van der Waals surface area (Å²) in [4.78, 5) is 0. The summed E-state index contributed by atoms with van der Waals surface area (Å²) < 4.78 is 0. The highest BCUT2D eigenvalue weighted by Crippen LogP contribution is 2.30. The lowest BCUT2D eigenvalue weighted by atomic mass is 9.89. The van der Waals surface area contributed by atoms with E-state index in [1.807, 2.05) is 6.92 Å². The molecular formula is C10H14O. The Kier molecular flexibility index (Phi) is 2.18. The Morgan fingerprint density at radius 3 is 2.45 bits per heavy atom. The van der Waals surface area contributed by atoms with E-state index in [-0.39, 0.29) is 0 Å². The third kappa shape index (κ3) is 1.53. The average molecular weight is 150 g/mol. The minimum absolute atomic E-state index is 0.466. The van der Waals surface area contributed by atoms with Crippen molar-refractivity contribution < 1.29 is 5.11 Å². The zero-order valence-electron chi connectivity index (χ0n) is 6.98. The maximum Gasteiger partial charge on any atom is 0.0999 e. The molecule has 0 aliphatic heterocycles. The highest BCUT2D eigenvalue weighted by Gasteiger charge is 2.15. The number of hydrogen-bond donors (Lipinski definition) is 1. The van der Waals surface area contributed by atoms with Gasteiger partial charge in [0, 0.05) is 12.0 Å². The predicted octanol–water partition coefficient (Wildman–Crippen LogP) is 3.11. The van der Waals surface area contributed by atoms with Crippen LogP contribution >= 0.6 is 0 Å². The van der Waals surface area contributed by atoms with E-state index in [9.17, 15) is 5.11 Å². The molecule has 0 spiro atoms. The first-order valence-electron chi connectivity index (χ1n) is 3.89. The molecule has 0 aromatic carbocycles. The Labute approximate surface area is 67.7 Å². The van der Waals surface area contributed by atoms with E-state index in [2.05, 4.69) is 13.2 Å². The molecule has 0 aromatic heterocycles. The monoisotopic (exact) mass is 150 g/mol. The number of rotatable bonds is 1. The fraction of sp³-hybridized carbons (Fsp3) is 0.400. The summed E-state index contributed by atoms with van der Waals surface area (Å²) in [6, 6.07) is 0. The minimum atomic E-state index is 0.466. The normalized spacial score (nSPS) is 18.8. The van der Waals surface area contributed by atoms with Crippen molar-refractivity contribution >= 4 is 0 Å². The third-order valence-corrected chi connectivity index (χ3v) is 1.96. The van der Waals surface area contributed by atoms with Gasteiger partial charge in [0.1, 0.15) is 0 Å². The molecule has 0 bridgehead atoms. The zero-order valence-corrected chi connectivity index (χ0v) is 6.98. The van der Waals surface area contributed by atoms with Crippen molar-refractivity contribution in [1.29, 1.82) is 0 Å². The molecule has 0 atom stereocenters. The van der Waals surface area contributed by atoms with E-state index < -0.39 is 0 Å².